The highest BCUT2D eigenvalue weighted by Gasteiger charge is 2.13. The minimum Gasteiger partial charge on any atom is -0.380 e. The van der Waals surface area contributed by atoms with Crippen LogP contribution in [0.1, 0.15) is 11.8 Å². The number of sulfonamides is 1. The summed E-state index contributed by atoms with van der Waals surface area (Å²) in [6.45, 7) is 3.19. The van der Waals surface area contributed by atoms with Crippen molar-refractivity contribution in [1.29, 1.82) is 0 Å². The number of nitrogens with zero attached hydrogens (tertiary/aromatic N) is 3. The third-order valence-electron chi connectivity index (χ3n) is 4.03. The molecular formula is C18H18N4O6S3. The fourth-order valence-corrected chi connectivity index (χ4v) is 5.09. The number of aromatic nitrogens is 1. The van der Waals surface area contributed by atoms with Gasteiger partial charge >= 0.3 is 5.00 Å². The van der Waals surface area contributed by atoms with Crippen molar-refractivity contribution in [3.8, 4) is 0 Å². The van der Waals surface area contributed by atoms with Crippen molar-refractivity contribution in [1.82, 2.24) is 4.57 Å². The van der Waals surface area contributed by atoms with E-state index >= 15 is 0 Å². The van der Waals surface area contributed by atoms with Crippen molar-refractivity contribution in [2.75, 3.05) is 13.2 Å². The molecule has 3 rings (SSSR count). The number of fused-ring (bicyclic) bond motifs is 1. The molecule has 0 atom stereocenters. The molecule has 2 N–H and O–H groups in total. The summed E-state index contributed by atoms with van der Waals surface area (Å²) in [4.78, 5) is 27.6. The summed E-state index contributed by atoms with van der Waals surface area (Å²) in [5.41, 5.74) is 0.696. The average Bonchev–Trinajstić information content (AvgIpc) is 3.30. The van der Waals surface area contributed by atoms with Gasteiger partial charge in [0.1, 0.15) is 0 Å². The van der Waals surface area contributed by atoms with Crippen molar-refractivity contribution < 1.29 is 22.9 Å². The molecule has 1 amide bonds. The van der Waals surface area contributed by atoms with Crippen LogP contribution in [0.5, 0.6) is 0 Å². The van der Waals surface area contributed by atoms with Crippen LogP contribution in [0, 0.1) is 10.1 Å². The first kappa shape index (κ1) is 23.0. The molecule has 0 radical (unpaired) electrons. The van der Waals surface area contributed by atoms with Gasteiger partial charge in [-0.25, -0.2) is 13.6 Å². The van der Waals surface area contributed by atoms with Gasteiger partial charge < -0.3 is 9.30 Å². The lowest BCUT2D eigenvalue weighted by Gasteiger charge is -2.05. The van der Waals surface area contributed by atoms with Gasteiger partial charge in [-0.1, -0.05) is 22.7 Å². The smallest absolute Gasteiger partial charge is 0.324 e. The van der Waals surface area contributed by atoms with Gasteiger partial charge in [-0.15, -0.1) is 0 Å². The van der Waals surface area contributed by atoms with Gasteiger partial charge in [0.25, 0.3) is 5.91 Å². The van der Waals surface area contributed by atoms with Crippen molar-refractivity contribution in [3.05, 3.63) is 56.2 Å². The molecule has 2 heterocycles. The molecule has 164 valence electrons. The Labute approximate surface area is 185 Å². The Bertz CT molecular complexity index is 1330. The number of hydrogen-bond donors (Lipinski definition) is 1. The number of nitro groups is 1. The van der Waals surface area contributed by atoms with Crippen LogP contribution in [0.15, 0.2) is 46.3 Å². The van der Waals surface area contributed by atoms with Crippen LogP contribution in [0.2, 0.25) is 0 Å². The summed E-state index contributed by atoms with van der Waals surface area (Å²) < 4.78 is 31.1. The molecular weight excluding hydrogens is 464 g/mol. The maximum Gasteiger partial charge on any atom is 0.324 e. The van der Waals surface area contributed by atoms with E-state index in [-0.39, 0.29) is 9.90 Å². The maximum absolute atomic E-state index is 12.4. The molecule has 0 aliphatic heterocycles. The van der Waals surface area contributed by atoms with Crippen molar-refractivity contribution in [2.45, 2.75) is 18.4 Å². The molecule has 0 saturated heterocycles. The van der Waals surface area contributed by atoms with Gasteiger partial charge in [-0.3, -0.25) is 14.9 Å². The number of carbonyl (C=O) groups is 1. The Balaban J connectivity index is 1.97. The van der Waals surface area contributed by atoms with Crippen LogP contribution < -0.4 is 9.94 Å². The SMILES string of the molecule is CCOCCn1c(=NC(=O)C=Cc2ccc([N+](=O)[O-])s2)sc2cc(S(N)(=O)=O)ccc21. The quantitative estimate of drug-likeness (QED) is 0.226. The molecule has 13 heteroatoms. The van der Waals surface area contributed by atoms with E-state index in [1.54, 1.807) is 16.7 Å². The monoisotopic (exact) mass is 482 g/mol. The first-order valence-electron chi connectivity index (χ1n) is 8.94. The Morgan fingerprint density at radius 3 is 2.74 bits per heavy atom. The third-order valence-corrected chi connectivity index (χ3v) is 6.99. The van der Waals surface area contributed by atoms with Crippen LogP contribution in [0.25, 0.3) is 16.3 Å². The largest absolute Gasteiger partial charge is 0.380 e. The number of ether oxygens (including phenoxy) is 1. The predicted octanol–water partition coefficient (Wildman–Crippen LogP) is 2.50. The molecule has 0 spiro atoms. The highest BCUT2D eigenvalue weighted by Crippen LogP contribution is 2.25. The van der Waals surface area contributed by atoms with E-state index in [0.29, 0.717) is 39.7 Å². The number of nitrogens with two attached hydrogens (primary N) is 1. The molecule has 0 aliphatic carbocycles. The van der Waals surface area contributed by atoms with Gasteiger partial charge in [-0.05, 0) is 37.3 Å². The molecule has 0 aliphatic rings. The second-order valence-electron chi connectivity index (χ2n) is 6.12. The molecule has 10 nitrogen and oxygen atoms in total. The molecule has 1 aromatic carbocycles. The predicted molar refractivity (Wildman–Crippen MR) is 118 cm³/mol. The number of benzene rings is 1. The number of primary sulfonamides is 1. The number of carbonyl (C=O) groups excluding carboxylic acids is 1. The molecule has 2 aromatic heterocycles. The van der Waals surface area contributed by atoms with Crippen molar-refractivity contribution in [2.24, 2.45) is 10.1 Å². The first-order chi connectivity index (χ1) is 14.7. The Morgan fingerprint density at radius 1 is 1.32 bits per heavy atom. The van der Waals surface area contributed by atoms with E-state index in [4.69, 9.17) is 9.88 Å². The molecule has 3 aromatic rings. The van der Waals surface area contributed by atoms with E-state index in [9.17, 15) is 23.3 Å². The second kappa shape index (κ2) is 9.62. The summed E-state index contributed by atoms with van der Waals surface area (Å²) in [5, 5.41) is 15.9. The van der Waals surface area contributed by atoms with Crippen LogP contribution >= 0.6 is 22.7 Å². The zero-order valence-corrected chi connectivity index (χ0v) is 18.7. The lowest BCUT2D eigenvalue weighted by molar-refractivity contribution is -0.380. The van der Waals surface area contributed by atoms with E-state index in [0.717, 1.165) is 22.7 Å². The number of thiazole rings is 1. The molecule has 0 bridgehead atoms. The number of thiophene rings is 1. The minimum absolute atomic E-state index is 0.0204. The van der Waals surface area contributed by atoms with Crippen LogP contribution in [0.3, 0.4) is 0 Å². The van der Waals surface area contributed by atoms with Crippen LogP contribution in [0.4, 0.5) is 5.00 Å². The zero-order chi connectivity index (χ0) is 22.6. The lowest BCUT2D eigenvalue weighted by atomic mass is 10.3. The second-order valence-corrected chi connectivity index (χ2v) is 9.79. The maximum atomic E-state index is 12.4. The number of rotatable bonds is 8. The standard InChI is InChI=1S/C18H18N4O6S3/c1-2-28-10-9-21-14-6-5-13(31(19,26)27)11-15(14)30-18(21)20-16(23)7-3-12-4-8-17(29-12)22(24)25/h3-8,11H,2,9-10H2,1H3,(H2,19,26,27). The molecule has 0 unspecified atom stereocenters. The highest BCUT2D eigenvalue weighted by molar-refractivity contribution is 7.89. The summed E-state index contributed by atoms with van der Waals surface area (Å²) in [6, 6.07) is 7.36. The summed E-state index contributed by atoms with van der Waals surface area (Å²) in [6.07, 6.45) is 2.68. The normalized spacial score (nSPS) is 12.8. The van der Waals surface area contributed by atoms with Gasteiger partial charge in [0, 0.05) is 30.2 Å². The molecule has 0 fully saturated rings. The van der Waals surface area contributed by atoms with Crippen LogP contribution in [-0.4, -0.2) is 37.0 Å². The van der Waals surface area contributed by atoms with Crippen LogP contribution in [-0.2, 0) is 26.1 Å². The van der Waals surface area contributed by atoms with Gasteiger partial charge in [-0.2, -0.15) is 4.99 Å². The van der Waals surface area contributed by atoms with E-state index < -0.39 is 20.9 Å². The minimum atomic E-state index is -3.87. The zero-order valence-electron chi connectivity index (χ0n) is 16.3. The Kier molecular flexibility index (Phi) is 7.12. The van der Waals surface area contributed by atoms with E-state index in [2.05, 4.69) is 4.99 Å². The molecule has 0 saturated carbocycles. The van der Waals surface area contributed by atoms with Gasteiger partial charge in [0.15, 0.2) is 4.80 Å². The third kappa shape index (κ3) is 5.71. The van der Waals surface area contributed by atoms with E-state index in [1.807, 2.05) is 6.92 Å². The van der Waals surface area contributed by atoms with Crippen molar-refractivity contribution in [3.63, 3.8) is 0 Å². The molecule has 31 heavy (non-hydrogen) atoms. The Morgan fingerprint density at radius 2 is 2.10 bits per heavy atom. The fourth-order valence-electron chi connectivity index (χ4n) is 2.65. The first-order valence-corrected chi connectivity index (χ1v) is 12.1. The highest BCUT2D eigenvalue weighted by atomic mass is 32.2. The number of hydrogen-bond acceptors (Lipinski definition) is 8. The average molecular weight is 483 g/mol. The van der Waals surface area contributed by atoms with E-state index in [1.165, 1.54) is 30.4 Å². The van der Waals surface area contributed by atoms with Gasteiger partial charge in [0.05, 0.1) is 26.6 Å². The summed E-state index contributed by atoms with van der Waals surface area (Å²) in [7, 11) is -3.87. The summed E-state index contributed by atoms with van der Waals surface area (Å²) >= 11 is 2.10. The summed E-state index contributed by atoms with van der Waals surface area (Å²) in [5.74, 6) is -0.556. The number of amides is 1. The van der Waals surface area contributed by atoms with Gasteiger partial charge in [0.2, 0.25) is 10.0 Å². The van der Waals surface area contributed by atoms with Crippen molar-refractivity contribution >= 4 is 59.9 Å². The fraction of sp³-hybridized carbons (Fsp3) is 0.222. The lowest BCUT2D eigenvalue weighted by Crippen LogP contribution is -2.19. The topological polar surface area (TPSA) is 147 Å². The Hall–Kier alpha value is -2.71.